The van der Waals surface area contributed by atoms with Crippen molar-refractivity contribution >= 4 is 51.6 Å². The maximum absolute atomic E-state index is 14.9. The van der Waals surface area contributed by atoms with E-state index in [9.17, 15) is 19.1 Å². The molecule has 2 aliphatic rings. The number of aromatic amines is 1. The number of nitrogens with zero attached hydrogens (tertiary/aromatic N) is 1. The second-order valence-electron chi connectivity index (χ2n) is 10.5. The van der Waals surface area contributed by atoms with Crippen LogP contribution in [0.1, 0.15) is 44.2 Å². The molecule has 7 nitrogen and oxygen atoms in total. The van der Waals surface area contributed by atoms with Crippen LogP contribution < -0.4 is 10.6 Å². The number of H-pyrrole nitrogens is 1. The van der Waals surface area contributed by atoms with E-state index in [4.69, 9.17) is 29.6 Å². The number of halogens is 3. The molecule has 0 aliphatic carbocycles. The molecular weight excluding hydrogens is 530 g/mol. The summed E-state index contributed by atoms with van der Waals surface area (Å²) in [4.78, 5) is 31.5. The third-order valence-electron chi connectivity index (χ3n) is 7.31. The lowest BCUT2D eigenvalue weighted by atomic mass is 9.79. The van der Waals surface area contributed by atoms with E-state index >= 15 is 0 Å². The highest BCUT2D eigenvalue weighted by atomic mass is 35.5. The molecule has 0 radical (unpaired) electrons. The number of hydrogen-bond donors (Lipinski definition) is 4. The summed E-state index contributed by atoms with van der Waals surface area (Å²) in [5, 5.41) is 18.1. The van der Waals surface area contributed by atoms with Gasteiger partial charge in [-0.2, -0.15) is 0 Å². The fourth-order valence-corrected chi connectivity index (χ4v) is 5.89. The quantitative estimate of drug-likeness (QED) is 0.261. The number of carbonyl (C=O) groups is 2. The van der Waals surface area contributed by atoms with Gasteiger partial charge in [-0.3, -0.25) is 14.9 Å². The molecule has 2 amide bonds. The Morgan fingerprint density at radius 1 is 1.34 bits per heavy atom. The Kier molecular flexibility index (Phi) is 6.69. The maximum atomic E-state index is 14.9. The highest BCUT2D eigenvalue weighted by Crippen LogP contribution is 2.46. The van der Waals surface area contributed by atoms with Crippen LogP contribution in [0.15, 0.2) is 42.5 Å². The first-order chi connectivity index (χ1) is 17.9. The molecule has 1 fully saturated rings. The number of para-hydroxylation sites is 1. The van der Waals surface area contributed by atoms with E-state index in [1.165, 1.54) is 18.7 Å². The molecule has 3 heterocycles. The Morgan fingerprint density at radius 3 is 2.79 bits per heavy atom. The Morgan fingerprint density at radius 2 is 2.08 bits per heavy atom. The van der Waals surface area contributed by atoms with Gasteiger partial charge in [0.25, 0.3) is 0 Å². The molecule has 0 bridgehead atoms. The third kappa shape index (κ3) is 4.54. The monoisotopic (exact) mass is 556 g/mol. The van der Waals surface area contributed by atoms with Gasteiger partial charge in [0.2, 0.25) is 11.8 Å². The van der Waals surface area contributed by atoms with Crippen molar-refractivity contribution in [1.82, 2.24) is 15.2 Å². The summed E-state index contributed by atoms with van der Waals surface area (Å²) < 4.78 is 14.9. The number of alkyl halides is 1. The van der Waals surface area contributed by atoms with Gasteiger partial charge in [0.15, 0.2) is 0 Å². The van der Waals surface area contributed by atoms with Gasteiger partial charge >= 0.3 is 0 Å². The predicted molar refractivity (Wildman–Crippen MR) is 146 cm³/mol. The number of likely N-dealkylation sites (tertiary alicyclic amines) is 1. The lowest BCUT2D eigenvalue weighted by Gasteiger charge is -2.31. The van der Waals surface area contributed by atoms with Gasteiger partial charge in [0, 0.05) is 24.0 Å². The van der Waals surface area contributed by atoms with Crippen LogP contribution in [0, 0.1) is 12.3 Å². The van der Waals surface area contributed by atoms with E-state index in [-0.39, 0.29) is 25.3 Å². The van der Waals surface area contributed by atoms with E-state index in [2.05, 4.69) is 21.5 Å². The standard InChI is InChI=1S/C28H27Cl2FN4O3/c1-4-16-12-28(17-7-5-6-8-19(17)34-26(28)38)14-35(16)25(37)21(13-27(2,3)31)33-24(36)20-11-15-9-10-18(29)22(30)23(15)32-20/h1,5-11,16,21,24,32-33,36H,12-14H2,2-3H3,(H,34,38)/t16-,21+,24?,28+/m1/s1. The van der Waals surface area contributed by atoms with Gasteiger partial charge in [-0.1, -0.05) is 53.4 Å². The fraction of sp³-hybridized carbons (Fsp3) is 0.357. The summed E-state index contributed by atoms with van der Waals surface area (Å²) in [7, 11) is 0. The minimum Gasteiger partial charge on any atom is -0.373 e. The topological polar surface area (TPSA) is 97.5 Å². The molecule has 1 unspecified atom stereocenters. The molecule has 1 aromatic heterocycles. The average Bonchev–Trinajstić information content (AvgIpc) is 3.55. The second kappa shape index (κ2) is 9.58. The van der Waals surface area contributed by atoms with E-state index < -0.39 is 35.3 Å². The molecule has 3 aromatic rings. The summed E-state index contributed by atoms with van der Waals surface area (Å²) in [6.45, 7) is 2.76. The average molecular weight is 557 g/mol. The Labute approximate surface area is 229 Å². The smallest absolute Gasteiger partial charge is 0.240 e. The van der Waals surface area contributed by atoms with E-state index in [1.807, 2.05) is 24.3 Å². The number of benzene rings is 2. The van der Waals surface area contributed by atoms with Gasteiger partial charge < -0.3 is 20.3 Å². The maximum Gasteiger partial charge on any atom is 0.240 e. The van der Waals surface area contributed by atoms with Crippen molar-refractivity contribution in [2.45, 2.75) is 56.1 Å². The number of aliphatic hydroxyl groups excluding tert-OH is 1. The fourth-order valence-electron chi connectivity index (χ4n) is 5.51. The summed E-state index contributed by atoms with van der Waals surface area (Å²) >= 11 is 12.4. The minimum atomic E-state index is -1.75. The molecule has 198 valence electrons. The SMILES string of the molecule is C#C[C@@H]1C[C@@]2(CN1C(=O)[C@H](CC(C)(C)F)NC(O)c1cc3ccc(Cl)c(Cl)c3[nH]1)C(=O)Nc1ccccc12. The minimum absolute atomic E-state index is 0.0467. The Balaban J connectivity index is 1.44. The predicted octanol–water partition coefficient (Wildman–Crippen LogP) is 4.69. The number of anilines is 1. The second-order valence-corrected chi connectivity index (χ2v) is 11.3. The van der Waals surface area contributed by atoms with Crippen LogP contribution >= 0.6 is 23.2 Å². The van der Waals surface area contributed by atoms with Crippen LogP contribution in [-0.4, -0.2) is 51.1 Å². The highest BCUT2D eigenvalue weighted by molar-refractivity contribution is 6.45. The zero-order valence-corrected chi connectivity index (χ0v) is 22.3. The number of rotatable bonds is 6. The lowest BCUT2D eigenvalue weighted by Crippen LogP contribution is -2.52. The van der Waals surface area contributed by atoms with Crippen molar-refractivity contribution in [1.29, 1.82) is 0 Å². The first-order valence-corrected chi connectivity index (χ1v) is 13.0. The molecule has 1 spiro atoms. The van der Waals surface area contributed by atoms with Crippen LogP contribution in [-0.2, 0) is 15.0 Å². The molecular formula is C28H27Cl2FN4O3. The molecule has 1 saturated heterocycles. The van der Waals surface area contributed by atoms with Gasteiger partial charge in [-0.15, -0.1) is 6.42 Å². The summed E-state index contributed by atoms with van der Waals surface area (Å²) in [6.07, 6.45) is 4.47. The van der Waals surface area contributed by atoms with E-state index in [0.717, 1.165) is 5.56 Å². The zero-order chi connectivity index (χ0) is 27.4. The van der Waals surface area contributed by atoms with Crippen LogP contribution in [0.3, 0.4) is 0 Å². The molecule has 5 rings (SSSR count). The van der Waals surface area contributed by atoms with Crippen molar-refractivity contribution in [3.05, 3.63) is 63.8 Å². The molecule has 2 aromatic carbocycles. The van der Waals surface area contributed by atoms with Gasteiger partial charge in [-0.05, 0) is 44.0 Å². The van der Waals surface area contributed by atoms with Crippen molar-refractivity contribution in [3.8, 4) is 12.3 Å². The lowest BCUT2D eigenvalue weighted by molar-refractivity contribution is -0.136. The number of fused-ring (bicyclic) bond motifs is 3. The van der Waals surface area contributed by atoms with E-state index in [1.54, 1.807) is 18.2 Å². The summed E-state index contributed by atoms with van der Waals surface area (Å²) in [6, 6.07) is 10.6. The van der Waals surface area contributed by atoms with Crippen molar-refractivity contribution in [3.63, 3.8) is 0 Å². The van der Waals surface area contributed by atoms with Crippen molar-refractivity contribution in [2.75, 3.05) is 11.9 Å². The first kappa shape index (κ1) is 26.5. The van der Waals surface area contributed by atoms with Gasteiger partial charge in [0.1, 0.15) is 11.9 Å². The number of nitrogens with one attached hydrogen (secondary N) is 3. The number of aromatic nitrogens is 1. The Bertz CT molecular complexity index is 1480. The number of amides is 2. The van der Waals surface area contributed by atoms with Crippen LogP contribution in [0.4, 0.5) is 10.1 Å². The molecule has 2 aliphatic heterocycles. The molecule has 0 saturated carbocycles. The number of aliphatic hydroxyl groups is 1. The Hall–Kier alpha value is -3.09. The summed E-state index contributed by atoms with van der Waals surface area (Å²) in [5.41, 5.74) is -0.410. The molecule has 4 N–H and O–H groups in total. The summed E-state index contributed by atoms with van der Waals surface area (Å²) in [5.74, 6) is 1.92. The molecule has 38 heavy (non-hydrogen) atoms. The third-order valence-corrected chi connectivity index (χ3v) is 8.11. The molecule has 10 heteroatoms. The number of hydrogen-bond acceptors (Lipinski definition) is 4. The van der Waals surface area contributed by atoms with Gasteiger partial charge in [0.05, 0.1) is 38.8 Å². The van der Waals surface area contributed by atoms with Crippen molar-refractivity contribution < 1.29 is 19.1 Å². The number of terminal acetylenes is 1. The van der Waals surface area contributed by atoms with Crippen LogP contribution in [0.2, 0.25) is 10.0 Å². The van der Waals surface area contributed by atoms with Crippen molar-refractivity contribution in [2.24, 2.45) is 0 Å². The van der Waals surface area contributed by atoms with Gasteiger partial charge in [-0.25, -0.2) is 4.39 Å². The normalized spacial score (nSPS) is 22.4. The highest BCUT2D eigenvalue weighted by Gasteiger charge is 2.56. The number of carbonyl (C=O) groups excluding carboxylic acids is 2. The first-order valence-electron chi connectivity index (χ1n) is 12.2. The van der Waals surface area contributed by atoms with E-state index in [0.29, 0.717) is 32.3 Å². The van der Waals surface area contributed by atoms with Crippen LogP contribution in [0.5, 0.6) is 0 Å². The molecule has 4 atom stereocenters. The largest absolute Gasteiger partial charge is 0.373 e. The van der Waals surface area contributed by atoms with Crippen LogP contribution in [0.25, 0.3) is 10.9 Å². The zero-order valence-electron chi connectivity index (χ0n) is 20.8.